The Morgan fingerprint density at radius 3 is 2.65 bits per heavy atom. The van der Waals surface area contributed by atoms with Gasteiger partial charge in [-0.15, -0.1) is 11.8 Å². The second kappa shape index (κ2) is 8.79. The number of carbonyl (C=O) groups is 1. The predicted octanol–water partition coefficient (Wildman–Crippen LogP) is 4.01. The van der Waals surface area contributed by atoms with Gasteiger partial charge in [-0.3, -0.25) is 9.69 Å². The molecule has 7 heteroatoms. The molecule has 1 aliphatic heterocycles. The Kier molecular flexibility index (Phi) is 6.45. The Bertz CT molecular complexity index is 800. The molecule has 1 N–H and O–H groups in total. The lowest BCUT2D eigenvalue weighted by molar-refractivity contribution is -0.117. The number of hydrogen-bond acceptors (Lipinski definition) is 5. The smallest absolute Gasteiger partial charge is 0.238 e. The number of nitrogens with zero attached hydrogens (tertiary/aromatic N) is 1. The van der Waals surface area contributed by atoms with Gasteiger partial charge < -0.3 is 14.8 Å². The van der Waals surface area contributed by atoms with Crippen LogP contribution in [0.2, 0.25) is 0 Å². The summed E-state index contributed by atoms with van der Waals surface area (Å²) in [5.74, 6) is 1.46. The topological polar surface area (TPSA) is 50.8 Å². The largest absolute Gasteiger partial charge is 0.486 e. The van der Waals surface area contributed by atoms with E-state index in [0.717, 1.165) is 32.1 Å². The molecule has 5 nitrogen and oxygen atoms in total. The first-order chi connectivity index (χ1) is 12.6. The van der Waals surface area contributed by atoms with Crippen LogP contribution in [0.1, 0.15) is 5.56 Å². The normalized spacial score (nSPS) is 12.9. The van der Waals surface area contributed by atoms with Crippen LogP contribution < -0.4 is 14.8 Å². The second-order valence-electron chi connectivity index (χ2n) is 6.01. The fourth-order valence-corrected chi connectivity index (χ4v) is 3.76. The summed E-state index contributed by atoms with van der Waals surface area (Å²) in [5.41, 5.74) is 1.90. The molecule has 3 rings (SSSR count). The van der Waals surface area contributed by atoms with Crippen molar-refractivity contribution in [1.29, 1.82) is 0 Å². The number of anilines is 1. The zero-order chi connectivity index (χ0) is 18.5. The fraction of sp³-hybridized carbons (Fsp3) is 0.316. The summed E-state index contributed by atoms with van der Waals surface area (Å²) in [5, 5.41) is 2.98. The SMILES string of the molecule is CSc1ccccc1NC(=O)CN(C)Cc1cc2c(cc1Br)OCCO2. The number of amides is 1. The Morgan fingerprint density at radius 2 is 1.92 bits per heavy atom. The Morgan fingerprint density at radius 1 is 1.23 bits per heavy atom. The van der Waals surface area contributed by atoms with E-state index in [0.29, 0.717) is 26.3 Å². The minimum atomic E-state index is -0.0392. The highest BCUT2D eigenvalue weighted by Gasteiger charge is 2.17. The number of ether oxygens (including phenoxy) is 2. The Labute approximate surface area is 166 Å². The summed E-state index contributed by atoms with van der Waals surface area (Å²) >= 11 is 5.19. The van der Waals surface area contributed by atoms with Gasteiger partial charge in [0.05, 0.1) is 12.2 Å². The quantitative estimate of drug-likeness (QED) is 0.693. The van der Waals surface area contributed by atoms with Crippen LogP contribution in [0.4, 0.5) is 5.69 Å². The molecular formula is C19H21BrN2O3S. The van der Waals surface area contributed by atoms with Gasteiger partial charge in [0.15, 0.2) is 11.5 Å². The third kappa shape index (κ3) is 4.72. The maximum Gasteiger partial charge on any atom is 0.238 e. The van der Waals surface area contributed by atoms with E-state index in [2.05, 4.69) is 21.2 Å². The van der Waals surface area contributed by atoms with Crippen molar-refractivity contribution < 1.29 is 14.3 Å². The van der Waals surface area contributed by atoms with Gasteiger partial charge >= 0.3 is 0 Å². The molecule has 138 valence electrons. The van der Waals surface area contributed by atoms with Crippen LogP contribution in [-0.2, 0) is 11.3 Å². The lowest BCUT2D eigenvalue weighted by Gasteiger charge is -2.22. The van der Waals surface area contributed by atoms with Crippen molar-refractivity contribution in [2.24, 2.45) is 0 Å². The molecule has 1 amide bonds. The Balaban J connectivity index is 1.62. The molecule has 0 saturated carbocycles. The first-order valence-corrected chi connectivity index (χ1v) is 10.3. The first-order valence-electron chi connectivity index (χ1n) is 8.26. The third-order valence-corrected chi connectivity index (χ3v) is 5.48. The zero-order valence-corrected chi connectivity index (χ0v) is 17.2. The van der Waals surface area contributed by atoms with E-state index in [9.17, 15) is 4.79 Å². The number of carbonyl (C=O) groups excluding carboxylic acids is 1. The van der Waals surface area contributed by atoms with Crippen molar-refractivity contribution in [2.45, 2.75) is 11.4 Å². The van der Waals surface area contributed by atoms with Crippen LogP contribution in [0.3, 0.4) is 0 Å². The number of fused-ring (bicyclic) bond motifs is 1. The third-order valence-electron chi connectivity index (χ3n) is 3.95. The van der Waals surface area contributed by atoms with Gasteiger partial charge in [0.1, 0.15) is 13.2 Å². The number of nitrogens with one attached hydrogen (secondary N) is 1. The van der Waals surface area contributed by atoms with Crippen LogP contribution in [0.25, 0.3) is 0 Å². The van der Waals surface area contributed by atoms with E-state index in [4.69, 9.17) is 9.47 Å². The van der Waals surface area contributed by atoms with Crippen molar-refractivity contribution in [3.8, 4) is 11.5 Å². The highest BCUT2D eigenvalue weighted by Crippen LogP contribution is 2.36. The van der Waals surface area contributed by atoms with Gasteiger partial charge in [0.2, 0.25) is 5.91 Å². The van der Waals surface area contributed by atoms with Gasteiger partial charge in [-0.1, -0.05) is 28.1 Å². The number of likely N-dealkylation sites (N-methyl/N-ethyl adjacent to an activating group) is 1. The summed E-state index contributed by atoms with van der Waals surface area (Å²) in [6.45, 7) is 2.04. The van der Waals surface area contributed by atoms with Gasteiger partial charge in [-0.2, -0.15) is 0 Å². The molecule has 0 radical (unpaired) electrons. The molecule has 0 unspecified atom stereocenters. The predicted molar refractivity (Wildman–Crippen MR) is 108 cm³/mol. The van der Waals surface area contributed by atoms with Crippen molar-refractivity contribution in [3.05, 3.63) is 46.4 Å². The summed E-state index contributed by atoms with van der Waals surface area (Å²) in [7, 11) is 1.92. The molecule has 0 bridgehead atoms. The standard InChI is InChI=1S/C19H21BrN2O3S/c1-22(12-19(23)21-15-5-3-4-6-18(15)26-2)11-13-9-16-17(10-14(13)20)25-8-7-24-16/h3-6,9-10H,7-8,11-12H2,1-2H3,(H,21,23). The van der Waals surface area contributed by atoms with Crippen molar-refractivity contribution in [2.75, 3.05) is 38.4 Å². The highest BCUT2D eigenvalue weighted by atomic mass is 79.9. The average molecular weight is 437 g/mol. The zero-order valence-electron chi connectivity index (χ0n) is 14.8. The maximum absolute atomic E-state index is 12.4. The number of halogens is 1. The van der Waals surface area contributed by atoms with E-state index in [1.807, 2.05) is 54.6 Å². The van der Waals surface area contributed by atoms with E-state index in [1.165, 1.54) is 0 Å². The minimum absolute atomic E-state index is 0.0392. The molecule has 26 heavy (non-hydrogen) atoms. The second-order valence-corrected chi connectivity index (χ2v) is 7.71. The molecule has 0 saturated heterocycles. The van der Waals surface area contributed by atoms with E-state index in [1.54, 1.807) is 11.8 Å². The molecule has 2 aromatic carbocycles. The van der Waals surface area contributed by atoms with Crippen molar-refractivity contribution in [1.82, 2.24) is 4.90 Å². The van der Waals surface area contributed by atoms with Gasteiger partial charge in [-0.05, 0) is 43.1 Å². The number of rotatable bonds is 6. The fourth-order valence-electron chi connectivity index (χ4n) is 2.76. The van der Waals surface area contributed by atoms with Crippen molar-refractivity contribution in [3.63, 3.8) is 0 Å². The highest BCUT2D eigenvalue weighted by molar-refractivity contribution is 9.10. The van der Waals surface area contributed by atoms with Gasteiger partial charge in [0.25, 0.3) is 0 Å². The van der Waals surface area contributed by atoms with E-state index < -0.39 is 0 Å². The average Bonchev–Trinajstić information content (AvgIpc) is 2.62. The van der Waals surface area contributed by atoms with E-state index in [-0.39, 0.29) is 5.91 Å². The molecule has 1 aliphatic rings. The molecule has 0 aromatic heterocycles. The number of benzene rings is 2. The van der Waals surface area contributed by atoms with Crippen LogP contribution in [0, 0.1) is 0 Å². The molecule has 0 atom stereocenters. The lowest BCUT2D eigenvalue weighted by atomic mass is 10.2. The lowest BCUT2D eigenvalue weighted by Crippen LogP contribution is -2.30. The summed E-state index contributed by atoms with van der Waals surface area (Å²) in [6, 6.07) is 11.7. The van der Waals surface area contributed by atoms with E-state index >= 15 is 0 Å². The molecule has 0 spiro atoms. The molecule has 1 heterocycles. The van der Waals surface area contributed by atoms with Crippen LogP contribution in [0.15, 0.2) is 45.8 Å². The van der Waals surface area contributed by atoms with Gasteiger partial charge in [-0.25, -0.2) is 0 Å². The monoisotopic (exact) mass is 436 g/mol. The molecule has 0 aliphatic carbocycles. The van der Waals surface area contributed by atoms with Gasteiger partial charge in [0, 0.05) is 15.9 Å². The minimum Gasteiger partial charge on any atom is -0.486 e. The number of thioether (sulfide) groups is 1. The van der Waals surface area contributed by atoms with Crippen LogP contribution >= 0.6 is 27.7 Å². The van der Waals surface area contributed by atoms with Crippen molar-refractivity contribution >= 4 is 39.3 Å². The first kappa shape index (κ1) is 19.1. The number of para-hydroxylation sites is 1. The number of hydrogen-bond donors (Lipinski definition) is 1. The molecule has 2 aromatic rings. The van der Waals surface area contributed by atoms with Crippen LogP contribution in [0.5, 0.6) is 11.5 Å². The Hall–Kier alpha value is -1.70. The summed E-state index contributed by atoms with van der Waals surface area (Å²) in [6.07, 6.45) is 2.00. The maximum atomic E-state index is 12.4. The summed E-state index contributed by atoms with van der Waals surface area (Å²) in [4.78, 5) is 15.4. The van der Waals surface area contributed by atoms with Crippen LogP contribution in [-0.4, -0.2) is 43.9 Å². The molecule has 0 fully saturated rings. The molecular weight excluding hydrogens is 416 g/mol. The summed E-state index contributed by atoms with van der Waals surface area (Å²) < 4.78 is 12.2.